The molecule has 1 heteroatoms. The summed E-state index contributed by atoms with van der Waals surface area (Å²) in [5.74, 6) is 1.37. The van der Waals surface area contributed by atoms with Gasteiger partial charge in [0.25, 0.3) is 0 Å². The Morgan fingerprint density at radius 3 is 2.12 bits per heavy atom. The van der Waals surface area contributed by atoms with Gasteiger partial charge in [-0.15, -0.1) is 0 Å². The number of rotatable bonds is 2. The predicted molar refractivity (Wildman–Crippen MR) is 71.9 cm³/mol. The van der Waals surface area contributed by atoms with Crippen LogP contribution in [-0.4, -0.2) is 5.78 Å². The van der Waals surface area contributed by atoms with E-state index >= 15 is 0 Å². The summed E-state index contributed by atoms with van der Waals surface area (Å²) < 4.78 is 0. The van der Waals surface area contributed by atoms with Crippen LogP contribution < -0.4 is 0 Å². The first-order valence-electron chi connectivity index (χ1n) is 6.70. The molecule has 0 spiro atoms. The van der Waals surface area contributed by atoms with Crippen LogP contribution in [0.5, 0.6) is 0 Å². The van der Waals surface area contributed by atoms with Gasteiger partial charge in [0, 0.05) is 12.0 Å². The van der Waals surface area contributed by atoms with Crippen LogP contribution in [0.2, 0.25) is 0 Å². The second-order valence-corrected chi connectivity index (χ2v) is 5.72. The van der Waals surface area contributed by atoms with Gasteiger partial charge in [-0.2, -0.15) is 0 Å². The van der Waals surface area contributed by atoms with Gasteiger partial charge in [-0.1, -0.05) is 33.8 Å². The van der Waals surface area contributed by atoms with E-state index in [1.54, 1.807) is 0 Å². The van der Waals surface area contributed by atoms with Gasteiger partial charge < -0.3 is 0 Å². The first kappa shape index (κ1) is 12.3. The van der Waals surface area contributed by atoms with Gasteiger partial charge >= 0.3 is 0 Å². The predicted octanol–water partition coefficient (Wildman–Crippen LogP) is 4.45. The van der Waals surface area contributed by atoms with E-state index in [1.165, 1.54) is 16.7 Å². The first-order chi connectivity index (χ1) is 8.00. The summed E-state index contributed by atoms with van der Waals surface area (Å²) in [6.45, 7) is 8.89. The molecule has 0 radical (unpaired) electrons. The Balaban J connectivity index is 2.59. The fourth-order valence-corrected chi connectivity index (χ4v) is 2.72. The number of carbonyl (C=O) groups excluding carboxylic acids is 1. The maximum absolute atomic E-state index is 11.9. The summed E-state index contributed by atoms with van der Waals surface area (Å²) in [7, 11) is 0. The minimum absolute atomic E-state index is 0.337. The molecule has 0 heterocycles. The second-order valence-electron chi connectivity index (χ2n) is 5.72. The molecule has 92 valence electrons. The average Bonchev–Trinajstić information content (AvgIpc) is 2.27. The highest BCUT2D eigenvalue weighted by Gasteiger charge is 2.21. The Morgan fingerprint density at radius 1 is 0.941 bits per heavy atom. The quantitative estimate of drug-likeness (QED) is 0.733. The largest absolute Gasteiger partial charge is 0.294 e. The lowest BCUT2D eigenvalue weighted by Gasteiger charge is -2.22. The van der Waals surface area contributed by atoms with Crippen LogP contribution in [0, 0.1) is 0 Å². The Labute approximate surface area is 104 Å². The minimum atomic E-state index is 0.337. The first-order valence-corrected chi connectivity index (χ1v) is 6.70. The summed E-state index contributed by atoms with van der Waals surface area (Å²) in [5.41, 5.74) is 5.04. The fraction of sp³-hybridized carbons (Fsp3) is 0.562. The zero-order valence-corrected chi connectivity index (χ0v) is 11.3. The number of Topliss-reactive ketones (excluding diaryl/α,β-unsaturated/α-hetero) is 1. The molecule has 0 saturated heterocycles. The van der Waals surface area contributed by atoms with Crippen molar-refractivity contribution in [1.82, 2.24) is 0 Å². The van der Waals surface area contributed by atoms with Gasteiger partial charge in [0.1, 0.15) is 0 Å². The third kappa shape index (κ3) is 2.29. The monoisotopic (exact) mass is 230 g/mol. The summed E-state index contributed by atoms with van der Waals surface area (Å²) in [6.07, 6.45) is 2.81. The molecule has 0 N–H and O–H groups in total. The van der Waals surface area contributed by atoms with Crippen LogP contribution in [0.1, 0.15) is 79.4 Å². The van der Waals surface area contributed by atoms with Crippen molar-refractivity contribution in [3.63, 3.8) is 0 Å². The van der Waals surface area contributed by atoms with E-state index < -0.39 is 0 Å². The van der Waals surface area contributed by atoms with Crippen molar-refractivity contribution in [2.24, 2.45) is 0 Å². The highest BCUT2D eigenvalue weighted by molar-refractivity contribution is 5.98. The maximum atomic E-state index is 11.9. The Bertz CT molecular complexity index is 441. The van der Waals surface area contributed by atoms with Crippen LogP contribution in [0.15, 0.2) is 12.1 Å². The van der Waals surface area contributed by atoms with Crippen molar-refractivity contribution in [1.29, 1.82) is 0 Å². The van der Waals surface area contributed by atoms with E-state index in [1.807, 2.05) is 0 Å². The van der Waals surface area contributed by atoms with Crippen molar-refractivity contribution in [2.75, 3.05) is 0 Å². The van der Waals surface area contributed by atoms with Gasteiger partial charge in [-0.05, 0) is 47.4 Å². The molecule has 2 rings (SSSR count). The van der Waals surface area contributed by atoms with Crippen molar-refractivity contribution in [2.45, 2.75) is 58.8 Å². The molecule has 17 heavy (non-hydrogen) atoms. The lowest BCUT2D eigenvalue weighted by atomic mass is 9.82. The molecule has 0 aromatic heterocycles. The zero-order chi connectivity index (χ0) is 12.6. The number of fused-ring (bicyclic) bond motifs is 1. The topological polar surface area (TPSA) is 17.1 Å². The highest BCUT2D eigenvalue weighted by Crippen LogP contribution is 2.32. The molecule has 0 bridgehead atoms. The van der Waals surface area contributed by atoms with Gasteiger partial charge in [0.15, 0.2) is 5.78 Å². The van der Waals surface area contributed by atoms with Gasteiger partial charge in [0.2, 0.25) is 0 Å². The summed E-state index contributed by atoms with van der Waals surface area (Å²) >= 11 is 0. The smallest absolute Gasteiger partial charge is 0.163 e. The van der Waals surface area contributed by atoms with Crippen LogP contribution in [0.3, 0.4) is 0 Å². The average molecular weight is 230 g/mol. The van der Waals surface area contributed by atoms with Gasteiger partial charge in [-0.25, -0.2) is 0 Å². The van der Waals surface area contributed by atoms with Crippen LogP contribution >= 0.6 is 0 Å². The van der Waals surface area contributed by atoms with Crippen molar-refractivity contribution in [3.05, 3.63) is 34.4 Å². The fourth-order valence-electron chi connectivity index (χ4n) is 2.72. The molecule has 0 aliphatic heterocycles. The van der Waals surface area contributed by atoms with Crippen LogP contribution in [-0.2, 0) is 6.42 Å². The Kier molecular flexibility index (Phi) is 3.37. The second kappa shape index (κ2) is 4.64. The number of ketones is 1. The number of hydrogen-bond acceptors (Lipinski definition) is 1. The van der Waals surface area contributed by atoms with E-state index in [2.05, 4.69) is 39.8 Å². The summed E-state index contributed by atoms with van der Waals surface area (Å²) in [5, 5.41) is 0. The van der Waals surface area contributed by atoms with E-state index in [0.29, 0.717) is 17.6 Å². The number of hydrogen-bond donors (Lipinski definition) is 0. The molecule has 0 amide bonds. The summed E-state index contributed by atoms with van der Waals surface area (Å²) in [4.78, 5) is 11.9. The Hall–Kier alpha value is -1.11. The van der Waals surface area contributed by atoms with Crippen molar-refractivity contribution < 1.29 is 4.79 Å². The molecule has 0 unspecified atom stereocenters. The molecular weight excluding hydrogens is 208 g/mol. The molecule has 1 aromatic rings. The SMILES string of the molecule is CC(C)c1cc2c(cc1C(C)C)C(=O)CCC2. The number of aryl methyl sites for hydroxylation is 1. The minimum Gasteiger partial charge on any atom is -0.294 e. The molecular formula is C16H22O. The lowest BCUT2D eigenvalue weighted by Crippen LogP contribution is -2.13. The highest BCUT2D eigenvalue weighted by atomic mass is 16.1. The standard InChI is InChI=1S/C16H22O/c1-10(2)13-8-12-6-5-7-16(17)15(12)9-14(13)11(3)4/h8-11H,5-7H2,1-4H3. The third-order valence-electron chi connectivity index (χ3n) is 3.70. The molecule has 0 atom stereocenters. The van der Waals surface area contributed by atoms with Crippen LogP contribution in [0.4, 0.5) is 0 Å². The van der Waals surface area contributed by atoms with Gasteiger partial charge in [-0.3, -0.25) is 4.79 Å². The molecule has 1 aliphatic carbocycles. The molecule has 1 aliphatic rings. The van der Waals surface area contributed by atoms with Gasteiger partial charge in [0.05, 0.1) is 0 Å². The van der Waals surface area contributed by atoms with E-state index in [-0.39, 0.29) is 0 Å². The van der Waals surface area contributed by atoms with Crippen LogP contribution in [0.25, 0.3) is 0 Å². The lowest BCUT2D eigenvalue weighted by molar-refractivity contribution is 0.0972. The molecule has 0 saturated carbocycles. The molecule has 1 aromatic carbocycles. The molecule has 0 fully saturated rings. The molecule has 1 nitrogen and oxygen atoms in total. The van der Waals surface area contributed by atoms with E-state index in [4.69, 9.17) is 0 Å². The van der Waals surface area contributed by atoms with Crippen molar-refractivity contribution >= 4 is 5.78 Å². The Morgan fingerprint density at radius 2 is 1.53 bits per heavy atom. The normalized spacial score (nSPS) is 15.5. The maximum Gasteiger partial charge on any atom is 0.163 e. The number of benzene rings is 1. The zero-order valence-electron chi connectivity index (χ0n) is 11.3. The van der Waals surface area contributed by atoms with E-state index in [0.717, 1.165) is 24.8 Å². The number of carbonyl (C=O) groups is 1. The van der Waals surface area contributed by atoms with E-state index in [9.17, 15) is 4.79 Å². The third-order valence-corrected chi connectivity index (χ3v) is 3.70. The van der Waals surface area contributed by atoms with Crippen molar-refractivity contribution in [3.8, 4) is 0 Å². The summed E-state index contributed by atoms with van der Waals surface area (Å²) in [6, 6.07) is 4.45.